The maximum Gasteiger partial charge on any atom is 0.254 e. The Kier molecular flexibility index (Phi) is 4.03. The van der Waals surface area contributed by atoms with Gasteiger partial charge in [0.15, 0.2) is 0 Å². The second-order valence-corrected chi connectivity index (χ2v) is 6.80. The van der Waals surface area contributed by atoms with Crippen LogP contribution in [0.25, 0.3) is 0 Å². The largest absolute Gasteiger partial charge is 0.364 e. The first kappa shape index (κ1) is 15.3. The smallest absolute Gasteiger partial charge is 0.254 e. The minimum atomic E-state index is -0.118. The van der Waals surface area contributed by atoms with Crippen molar-refractivity contribution < 1.29 is 14.3 Å². The van der Waals surface area contributed by atoms with Crippen LogP contribution >= 0.6 is 11.3 Å². The minimum Gasteiger partial charge on any atom is -0.364 e. The van der Waals surface area contributed by atoms with Crippen molar-refractivity contribution in [1.29, 1.82) is 0 Å². The molecule has 2 aliphatic heterocycles. The molecule has 24 heavy (non-hydrogen) atoms. The lowest BCUT2D eigenvalue weighted by atomic mass is 10.1. The van der Waals surface area contributed by atoms with Crippen LogP contribution in [0.3, 0.4) is 0 Å². The number of rotatable bonds is 3. The van der Waals surface area contributed by atoms with Crippen LogP contribution in [0.15, 0.2) is 41.4 Å². The van der Waals surface area contributed by atoms with Crippen LogP contribution in [0.2, 0.25) is 0 Å². The summed E-state index contributed by atoms with van der Waals surface area (Å²) in [5.74, 6) is -0.0246. The van der Waals surface area contributed by atoms with Crippen LogP contribution < -0.4 is 0 Å². The normalized spacial score (nSPS) is 23.4. The van der Waals surface area contributed by atoms with Crippen molar-refractivity contribution >= 4 is 23.2 Å². The number of pyridine rings is 1. The number of amides is 2. The standard InChI is InChI=1S/C17H17N3O3S/c21-16-10-23-15-9-19(17(22)13-3-6-24-11-13)8-14(15)20(16)7-12-1-4-18-5-2-12/h1-6,11,14-15H,7-10H2/t14-,15-/m1/s1. The molecule has 2 atom stereocenters. The Morgan fingerprint density at radius 3 is 2.88 bits per heavy atom. The summed E-state index contributed by atoms with van der Waals surface area (Å²) in [7, 11) is 0. The average Bonchev–Trinajstić information content (AvgIpc) is 3.27. The van der Waals surface area contributed by atoms with E-state index in [0.29, 0.717) is 25.2 Å². The summed E-state index contributed by atoms with van der Waals surface area (Å²) < 4.78 is 5.69. The van der Waals surface area contributed by atoms with Crippen LogP contribution in [0.4, 0.5) is 0 Å². The van der Waals surface area contributed by atoms with Crippen molar-refractivity contribution in [2.45, 2.75) is 18.7 Å². The van der Waals surface area contributed by atoms with Gasteiger partial charge in [-0.3, -0.25) is 14.6 Å². The number of thiophene rings is 1. The molecule has 4 heterocycles. The quantitative estimate of drug-likeness (QED) is 0.845. The molecule has 6 nitrogen and oxygen atoms in total. The Morgan fingerprint density at radius 2 is 2.12 bits per heavy atom. The second kappa shape index (κ2) is 6.33. The maximum absolute atomic E-state index is 12.6. The van der Waals surface area contributed by atoms with Gasteiger partial charge in [-0.25, -0.2) is 0 Å². The Morgan fingerprint density at radius 1 is 1.29 bits per heavy atom. The van der Waals surface area contributed by atoms with Crippen molar-refractivity contribution in [2.24, 2.45) is 0 Å². The molecule has 2 aliphatic rings. The first-order valence-corrected chi connectivity index (χ1v) is 8.78. The van der Waals surface area contributed by atoms with Gasteiger partial charge in [0.25, 0.3) is 5.91 Å². The highest BCUT2D eigenvalue weighted by Crippen LogP contribution is 2.26. The number of morpholine rings is 1. The fraction of sp³-hybridized carbons (Fsp3) is 0.353. The van der Waals surface area contributed by atoms with Crippen molar-refractivity contribution in [1.82, 2.24) is 14.8 Å². The van der Waals surface area contributed by atoms with E-state index < -0.39 is 0 Å². The molecule has 0 radical (unpaired) electrons. The number of carbonyl (C=O) groups excluding carboxylic acids is 2. The molecule has 0 N–H and O–H groups in total. The van der Waals surface area contributed by atoms with E-state index in [0.717, 1.165) is 5.56 Å². The summed E-state index contributed by atoms with van der Waals surface area (Å²) in [6.07, 6.45) is 3.32. The fourth-order valence-electron chi connectivity index (χ4n) is 3.29. The predicted molar refractivity (Wildman–Crippen MR) is 88.5 cm³/mol. The lowest BCUT2D eigenvalue weighted by Crippen LogP contribution is -2.53. The molecule has 0 aliphatic carbocycles. The summed E-state index contributed by atoms with van der Waals surface area (Å²) in [5.41, 5.74) is 1.73. The molecule has 124 valence electrons. The molecule has 2 fully saturated rings. The number of hydrogen-bond acceptors (Lipinski definition) is 5. The van der Waals surface area contributed by atoms with Crippen molar-refractivity contribution in [3.63, 3.8) is 0 Å². The van der Waals surface area contributed by atoms with Gasteiger partial charge in [-0.1, -0.05) is 0 Å². The van der Waals surface area contributed by atoms with Gasteiger partial charge in [0.05, 0.1) is 17.7 Å². The molecular weight excluding hydrogens is 326 g/mol. The Hall–Kier alpha value is -2.25. The van der Waals surface area contributed by atoms with Crippen molar-refractivity contribution in [3.8, 4) is 0 Å². The SMILES string of the molecule is O=C(c1ccsc1)N1C[C@@H]2[C@@H](C1)OCC(=O)N2Cc1ccncc1. The Balaban J connectivity index is 1.52. The number of ether oxygens (including phenoxy) is 1. The lowest BCUT2D eigenvalue weighted by molar-refractivity contribution is -0.153. The van der Waals surface area contributed by atoms with Crippen LogP contribution in [-0.2, 0) is 16.1 Å². The van der Waals surface area contributed by atoms with Gasteiger partial charge < -0.3 is 14.5 Å². The number of nitrogens with zero attached hydrogens (tertiary/aromatic N) is 3. The summed E-state index contributed by atoms with van der Waals surface area (Å²) in [4.78, 5) is 32.5. The second-order valence-electron chi connectivity index (χ2n) is 6.02. The molecule has 2 amide bonds. The highest BCUT2D eigenvalue weighted by molar-refractivity contribution is 7.08. The number of aromatic nitrogens is 1. The third-order valence-electron chi connectivity index (χ3n) is 4.54. The number of fused-ring (bicyclic) bond motifs is 1. The fourth-order valence-corrected chi connectivity index (χ4v) is 3.92. The Labute approximate surface area is 143 Å². The maximum atomic E-state index is 12.6. The third-order valence-corrected chi connectivity index (χ3v) is 5.22. The van der Waals surface area contributed by atoms with Crippen LogP contribution in [0.1, 0.15) is 15.9 Å². The van der Waals surface area contributed by atoms with Crippen molar-refractivity contribution in [3.05, 3.63) is 52.5 Å². The van der Waals surface area contributed by atoms with E-state index >= 15 is 0 Å². The third kappa shape index (κ3) is 2.81. The Bertz CT molecular complexity index is 735. The highest BCUT2D eigenvalue weighted by Gasteiger charge is 2.44. The molecule has 2 aromatic heterocycles. The molecule has 2 saturated heterocycles. The van der Waals surface area contributed by atoms with E-state index in [1.165, 1.54) is 11.3 Å². The van der Waals surface area contributed by atoms with Gasteiger partial charge in [-0.15, -0.1) is 0 Å². The zero-order valence-corrected chi connectivity index (χ0v) is 13.8. The topological polar surface area (TPSA) is 62.7 Å². The monoisotopic (exact) mass is 343 g/mol. The highest BCUT2D eigenvalue weighted by atomic mass is 32.1. The molecule has 0 unspecified atom stereocenters. The minimum absolute atomic E-state index is 0.00515. The van der Waals surface area contributed by atoms with E-state index in [1.807, 2.05) is 33.9 Å². The van der Waals surface area contributed by atoms with Crippen LogP contribution in [0.5, 0.6) is 0 Å². The van der Waals surface area contributed by atoms with E-state index in [9.17, 15) is 9.59 Å². The molecule has 0 spiro atoms. The molecule has 2 aromatic rings. The summed E-state index contributed by atoms with van der Waals surface area (Å²) >= 11 is 1.51. The molecular formula is C17H17N3O3S. The number of hydrogen-bond donors (Lipinski definition) is 0. The molecule has 0 saturated carbocycles. The lowest BCUT2D eigenvalue weighted by Gasteiger charge is -2.36. The van der Waals surface area contributed by atoms with Gasteiger partial charge in [-0.05, 0) is 29.1 Å². The van der Waals surface area contributed by atoms with Crippen LogP contribution in [0, 0.1) is 0 Å². The van der Waals surface area contributed by atoms with Crippen molar-refractivity contribution in [2.75, 3.05) is 19.7 Å². The molecule has 7 heteroatoms. The summed E-state index contributed by atoms with van der Waals surface area (Å²) in [6, 6.07) is 5.54. The van der Waals surface area contributed by atoms with Gasteiger partial charge in [-0.2, -0.15) is 11.3 Å². The van der Waals surface area contributed by atoms with E-state index in [-0.39, 0.29) is 30.6 Å². The van der Waals surface area contributed by atoms with E-state index in [4.69, 9.17) is 4.74 Å². The van der Waals surface area contributed by atoms with Gasteiger partial charge in [0.1, 0.15) is 6.61 Å². The zero-order chi connectivity index (χ0) is 16.5. The van der Waals surface area contributed by atoms with Gasteiger partial charge in [0.2, 0.25) is 5.91 Å². The molecule has 0 aromatic carbocycles. The molecule has 0 bridgehead atoms. The van der Waals surface area contributed by atoms with Gasteiger partial charge in [0, 0.05) is 37.4 Å². The summed E-state index contributed by atoms with van der Waals surface area (Å²) in [5, 5.41) is 3.75. The summed E-state index contributed by atoms with van der Waals surface area (Å²) in [6.45, 7) is 1.63. The zero-order valence-electron chi connectivity index (χ0n) is 13.0. The first-order valence-electron chi connectivity index (χ1n) is 7.84. The molecule has 4 rings (SSSR count). The predicted octanol–water partition coefficient (Wildman–Crippen LogP) is 1.40. The number of likely N-dealkylation sites (tertiary alicyclic amines) is 1. The van der Waals surface area contributed by atoms with E-state index in [1.54, 1.807) is 17.3 Å². The number of carbonyl (C=O) groups is 2. The average molecular weight is 343 g/mol. The first-order chi connectivity index (χ1) is 11.7. The van der Waals surface area contributed by atoms with E-state index in [2.05, 4.69) is 4.98 Å². The van der Waals surface area contributed by atoms with Crippen LogP contribution in [-0.4, -0.2) is 58.4 Å². The van der Waals surface area contributed by atoms with Gasteiger partial charge >= 0.3 is 0 Å².